The Labute approximate surface area is 119 Å². The van der Waals surface area contributed by atoms with Gasteiger partial charge in [0.15, 0.2) is 0 Å². The van der Waals surface area contributed by atoms with Crippen molar-refractivity contribution in [3.8, 4) is 0 Å². The maximum Gasteiger partial charge on any atom is 0.253 e. The molecule has 0 aliphatic carbocycles. The Morgan fingerprint density at radius 1 is 1.25 bits per heavy atom. The van der Waals surface area contributed by atoms with Crippen molar-refractivity contribution in [2.24, 2.45) is 0 Å². The third-order valence-corrected chi connectivity index (χ3v) is 3.24. The maximum absolute atomic E-state index is 12.3. The molecular weight excluding hydrogens is 252 g/mol. The molecule has 0 atom stereocenters. The molecule has 1 amide bonds. The lowest BCUT2D eigenvalue weighted by Gasteiger charge is -2.19. The average Bonchev–Trinajstić information content (AvgIpc) is 3.00. The zero-order chi connectivity index (χ0) is 14.4. The number of anilines is 1. The molecule has 4 nitrogen and oxygen atoms in total. The minimum Gasteiger partial charge on any atom is -0.472 e. The van der Waals surface area contributed by atoms with Crippen molar-refractivity contribution < 1.29 is 9.21 Å². The van der Waals surface area contributed by atoms with Crippen molar-refractivity contribution in [1.82, 2.24) is 4.90 Å². The van der Waals surface area contributed by atoms with E-state index in [-0.39, 0.29) is 5.91 Å². The van der Waals surface area contributed by atoms with Crippen LogP contribution in [0.3, 0.4) is 0 Å². The van der Waals surface area contributed by atoms with Crippen LogP contribution in [-0.4, -0.2) is 23.9 Å². The number of nitrogens with zero attached hydrogens (tertiary/aromatic N) is 1. The van der Waals surface area contributed by atoms with Crippen molar-refractivity contribution in [3.05, 3.63) is 54.0 Å². The monoisotopic (exact) mass is 272 g/mol. The number of hydrogen-bond acceptors (Lipinski definition) is 3. The van der Waals surface area contributed by atoms with Crippen LogP contribution < -0.4 is 5.32 Å². The maximum atomic E-state index is 12.3. The molecule has 4 heteroatoms. The van der Waals surface area contributed by atoms with E-state index in [0.717, 1.165) is 24.3 Å². The first-order valence-corrected chi connectivity index (χ1v) is 6.88. The van der Waals surface area contributed by atoms with Gasteiger partial charge in [-0.1, -0.05) is 6.07 Å². The van der Waals surface area contributed by atoms with E-state index in [0.29, 0.717) is 12.1 Å². The molecule has 1 N–H and O–H groups in total. The third-order valence-electron chi connectivity index (χ3n) is 3.24. The molecule has 0 radical (unpaired) electrons. The van der Waals surface area contributed by atoms with E-state index in [4.69, 9.17) is 4.42 Å². The Kier molecular flexibility index (Phi) is 4.82. The number of amides is 1. The minimum absolute atomic E-state index is 0.0713. The molecule has 0 bridgehead atoms. The van der Waals surface area contributed by atoms with Gasteiger partial charge in [-0.15, -0.1) is 0 Å². The summed E-state index contributed by atoms with van der Waals surface area (Å²) >= 11 is 0. The third kappa shape index (κ3) is 3.41. The van der Waals surface area contributed by atoms with Crippen LogP contribution >= 0.6 is 0 Å². The van der Waals surface area contributed by atoms with Crippen molar-refractivity contribution in [1.29, 1.82) is 0 Å². The second-order valence-corrected chi connectivity index (χ2v) is 4.54. The van der Waals surface area contributed by atoms with E-state index >= 15 is 0 Å². The number of carbonyl (C=O) groups is 1. The standard InChI is InChI=1S/C16H20N2O2/c1-3-18(4-2)16(19)14-6-5-7-15(10-14)17-11-13-8-9-20-12-13/h5-10,12,17H,3-4,11H2,1-2H3. The topological polar surface area (TPSA) is 45.5 Å². The molecule has 0 aliphatic heterocycles. The highest BCUT2D eigenvalue weighted by molar-refractivity contribution is 5.95. The van der Waals surface area contributed by atoms with E-state index in [1.807, 2.05) is 49.1 Å². The van der Waals surface area contributed by atoms with Crippen LogP contribution in [0.1, 0.15) is 29.8 Å². The molecular formula is C16H20N2O2. The van der Waals surface area contributed by atoms with Crippen molar-refractivity contribution >= 4 is 11.6 Å². The van der Waals surface area contributed by atoms with Gasteiger partial charge < -0.3 is 14.6 Å². The van der Waals surface area contributed by atoms with E-state index in [2.05, 4.69) is 5.32 Å². The molecule has 2 rings (SSSR count). The summed E-state index contributed by atoms with van der Waals surface area (Å²) in [5, 5.41) is 3.29. The predicted octanol–water partition coefficient (Wildman–Crippen LogP) is 3.37. The van der Waals surface area contributed by atoms with Crippen LogP contribution in [0.25, 0.3) is 0 Å². The fourth-order valence-corrected chi connectivity index (χ4v) is 2.05. The average molecular weight is 272 g/mol. The van der Waals surface area contributed by atoms with Crippen LogP contribution in [-0.2, 0) is 6.54 Å². The largest absolute Gasteiger partial charge is 0.472 e. The summed E-state index contributed by atoms with van der Waals surface area (Å²) in [6.07, 6.45) is 3.36. The van der Waals surface area contributed by atoms with E-state index in [1.54, 1.807) is 12.5 Å². The Hall–Kier alpha value is -2.23. The van der Waals surface area contributed by atoms with Crippen LogP contribution in [0, 0.1) is 0 Å². The molecule has 0 fully saturated rings. The van der Waals surface area contributed by atoms with Gasteiger partial charge in [0.2, 0.25) is 0 Å². The molecule has 1 aromatic heterocycles. The summed E-state index contributed by atoms with van der Waals surface area (Å²) in [5.74, 6) is 0.0713. The van der Waals surface area contributed by atoms with Crippen molar-refractivity contribution in [3.63, 3.8) is 0 Å². The second-order valence-electron chi connectivity index (χ2n) is 4.54. The minimum atomic E-state index is 0.0713. The molecule has 106 valence electrons. The van der Waals surface area contributed by atoms with Gasteiger partial charge in [-0.25, -0.2) is 0 Å². The first kappa shape index (κ1) is 14.2. The van der Waals surface area contributed by atoms with Gasteiger partial charge in [0.25, 0.3) is 5.91 Å². The molecule has 2 aromatic rings. The molecule has 0 saturated heterocycles. The van der Waals surface area contributed by atoms with E-state index in [1.165, 1.54) is 0 Å². The zero-order valence-corrected chi connectivity index (χ0v) is 11.9. The van der Waals surface area contributed by atoms with E-state index in [9.17, 15) is 4.79 Å². The van der Waals surface area contributed by atoms with Gasteiger partial charge in [0.1, 0.15) is 0 Å². The summed E-state index contributed by atoms with van der Waals surface area (Å²) in [7, 11) is 0. The fraction of sp³-hybridized carbons (Fsp3) is 0.312. The Bertz CT molecular complexity index is 545. The van der Waals surface area contributed by atoms with Gasteiger partial charge in [-0.3, -0.25) is 4.79 Å². The van der Waals surface area contributed by atoms with Crippen molar-refractivity contribution in [2.45, 2.75) is 20.4 Å². The Morgan fingerprint density at radius 3 is 2.70 bits per heavy atom. The fourth-order valence-electron chi connectivity index (χ4n) is 2.05. The Morgan fingerprint density at radius 2 is 2.05 bits per heavy atom. The highest BCUT2D eigenvalue weighted by Crippen LogP contribution is 2.14. The number of rotatable bonds is 6. The molecule has 0 spiro atoms. The van der Waals surface area contributed by atoms with E-state index < -0.39 is 0 Å². The van der Waals surface area contributed by atoms with Gasteiger partial charge in [-0.05, 0) is 38.1 Å². The van der Waals surface area contributed by atoms with Crippen LogP contribution in [0.4, 0.5) is 5.69 Å². The summed E-state index contributed by atoms with van der Waals surface area (Å²) in [6, 6.07) is 9.51. The normalized spacial score (nSPS) is 10.3. The molecule has 0 unspecified atom stereocenters. The Balaban J connectivity index is 2.05. The lowest BCUT2D eigenvalue weighted by Crippen LogP contribution is -2.30. The van der Waals surface area contributed by atoms with Gasteiger partial charge >= 0.3 is 0 Å². The number of carbonyl (C=O) groups excluding carboxylic acids is 1. The summed E-state index contributed by atoms with van der Waals surface area (Å²) in [5.41, 5.74) is 2.72. The summed E-state index contributed by atoms with van der Waals surface area (Å²) in [6.45, 7) is 6.11. The molecule has 1 heterocycles. The van der Waals surface area contributed by atoms with Gasteiger partial charge in [-0.2, -0.15) is 0 Å². The quantitative estimate of drug-likeness (QED) is 0.877. The highest BCUT2D eigenvalue weighted by atomic mass is 16.3. The first-order chi connectivity index (χ1) is 9.74. The lowest BCUT2D eigenvalue weighted by molar-refractivity contribution is 0.0773. The number of furan rings is 1. The summed E-state index contributed by atoms with van der Waals surface area (Å²) < 4.78 is 5.02. The van der Waals surface area contributed by atoms with Gasteiger partial charge in [0, 0.05) is 36.4 Å². The predicted molar refractivity (Wildman–Crippen MR) is 79.7 cm³/mol. The second kappa shape index (κ2) is 6.80. The number of hydrogen-bond donors (Lipinski definition) is 1. The molecule has 20 heavy (non-hydrogen) atoms. The highest BCUT2D eigenvalue weighted by Gasteiger charge is 2.12. The molecule has 0 aliphatic rings. The zero-order valence-electron chi connectivity index (χ0n) is 11.9. The lowest BCUT2D eigenvalue weighted by atomic mass is 10.1. The van der Waals surface area contributed by atoms with Crippen LogP contribution in [0.2, 0.25) is 0 Å². The smallest absolute Gasteiger partial charge is 0.253 e. The summed E-state index contributed by atoms with van der Waals surface area (Å²) in [4.78, 5) is 14.1. The van der Waals surface area contributed by atoms with Crippen molar-refractivity contribution in [2.75, 3.05) is 18.4 Å². The number of benzene rings is 1. The van der Waals surface area contributed by atoms with Crippen LogP contribution in [0.5, 0.6) is 0 Å². The first-order valence-electron chi connectivity index (χ1n) is 6.88. The van der Waals surface area contributed by atoms with Crippen LogP contribution in [0.15, 0.2) is 47.3 Å². The number of nitrogens with one attached hydrogen (secondary N) is 1. The van der Waals surface area contributed by atoms with Gasteiger partial charge in [0.05, 0.1) is 12.5 Å². The molecule has 0 saturated carbocycles. The SMILES string of the molecule is CCN(CC)C(=O)c1cccc(NCc2ccoc2)c1. The molecule has 1 aromatic carbocycles.